The van der Waals surface area contributed by atoms with Crippen molar-refractivity contribution in [2.75, 3.05) is 18.4 Å². The van der Waals surface area contributed by atoms with Crippen molar-refractivity contribution >= 4 is 23.3 Å². The van der Waals surface area contributed by atoms with Crippen molar-refractivity contribution < 1.29 is 23.1 Å². The van der Waals surface area contributed by atoms with E-state index in [0.29, 0.717) is 10.7 Å². The molecule has 1 fully saturated rings. The number of benzene rings is 1. The predicted octanol–water partition coefficient (Wildman–Crippen LogP) is 3.26. The average Bonchev–Trinajstić information content (AvgIpc) is 2.41. The Morgan fingerprint density at radius 2 is 1.76 bits per heavy atom. The zero-order valence-electron chi connectivity index (χ0n) is 11.0. The number of rotatable bonds is 1. The lowest BCUT2D eigenvalue weighted by Gasteiger charge is -2.38. The van der Waals surface area contributed by atoms with Crippen LogP contribution in [0.15, 0.2) is 24.3 Å². The van der Waals surface area contributed by atoms with Crippen LogP contribution in [-0.4, -0.2) is 40.9 Å². The van der Waals surface area contributed by atoms with Gasteiger partial charge in [0.05, 0.1) is 0 Å². The summed E-state index contributed by atoms with van der Waals surface area (Å²) >= 11 is 5.71. The Bertz CT molecular complexity index is 511. The molecule has 0 saturated carbocycles. The molecule has 1 heterocycles. The van der Waals surface area contributed by atoms with Gasteiger partial charge in [-0.15, -0.1) is 0 Å². The number of carbonyl (C=O) groups is 1. The number of likely N-dealkylation sites (tertiary alicyclic amines) is 1. The van der Waals surface area contributed by atoms with Gasteiger partial charge in [0.2, 0.25) is 0 Å². The molecule has 0 aliphatic carbocycles. The molecule has 0 atom stereocenters. The van der Waals surface area contributed by atoms with E-state index in [4.69, 9.17) is 11.6 Å². The molecule has 2 amide bonds. The Kier molecular flexibility index (Phi) is 4.34. The highest BCUT2D eigenvalue weighted by atomic mass is 35.5. The summed E-state index contributed by atoms with van der Waals surface area (Å²) in [5, 5.41) is 12.6. The number of amides is 2. The number of halogens is 4. The molecular weight excluding hydrogens is 309 g/mol. The van der Waals surface area contributed by atoms with E-state index in [9.17, 15) is 23.1 Å². The van der Waals surface area contributed by atoms with Gasteiger partial charge in [-0.3, -0.25) is 0 Å². The number of nitrogens with one attached hydrogen (secondary N) is 1. The van der Waals surface area contributed by atoms with Gasteiger partial charge in [0.25, 0.3) is 0 Å². The summed E-state index contributed by atoms with van der Waals surface area (Å²) in [4.78, 5) is 13.2. The summed E-state index contributed by atoms with van der Waals surface area (Å²) in [7, 11) is 0. The van der Waals surface area contributed by atoms with Crippen LogP contribution in [0.4, 0.5) is 23.7 Å². The quantitative estimate of drug-likeness (QED) is 0.834. The number of anilines is 1. The summed E-state index contributed by atoms with van der Waals surface area (Å²) in [6, 6.07) is 5.87. The van der Waals surface area contributed by atoms with Crippen LogP contribution >= 0.6 is 11.6 Å². The third-order valence-electron chi connectivity index (χ3n) is 3.50. The first kappa shape index (κ1) is 15.9. The standard InChI is InChI=1S/C13H14ClF3N2O2/c14-9-1-3-10(4-2-9)18-11(20)19-7-5-12(21,6-8-19)13(15,16)17/h1-4,21H,5-8H2,(H,18,20). The highest BCUT2D eigenvalue weighted by Gasteiger charge is 2.54. The maximum absolute atomic E-state index is 12.7. The number of carbonyl (C=O) groups excluding carboxylic acids is 1. The van der Waals surface area contributed by atoms with E-state index in [-0.39, 0.29) is 13.1 Å². The Morgan fingerprint density at radius 3 is 2.24 bits per heavy atom. The van der Waals surface area contributed by atoms with E-state index in [1.165, 1.54) is 4.90 Å². The second-order valence-electron chi connectivity index (χ2n) is 4.95. The van der Waals surface area contributed by atoms with Crippen molar-refractivity contribution in [1.29, 1.82) is 0 Å². The van der Waals surface area contributed by atoms with Gasteiger partial charge in [-0.1, -0.05) is 11.6 Å². The average molecular weight is 323 g/mol. The molecule has 116 valence electrons. The predicted molar refractivity (Wildman–Crippen MR) is 72.3 cm³/mol. The number of alkyl halides is 3. The maximum atomic E-state index is 12.7. The second kappa shape index (κ2) is 5.73. The van der Waals surface area contributed by atoms with E-state index >= 15 is 0 Å². The fourth-order valence-electron chi connectivity index (χ4n) is 2.10. The molecule has 1 aliphatic rings. The van der Waals surface area contributed by atoms with E-state index in [1.54, 1.807) is 24.3 Å². The maximum Gasteiger partial charge on any atom is 0.417 e. The van der Waals surface area contributed by atoms with E-state index in [2.05, 4.69) is 5.32 Å². The Morgan fingerprint density at radius 1 is 1.24 bits per heavy atom. The van der Waals surface area contributed by atoms with Gasteiger partial charge in [0.1, 0.15) is 0 Å². The molecular formula is C13H14ClF3N2O2. The van der Waals surface area contributed by atoms with Gasteiger partial charge in [0.15, 0.2) is 5.60 Å². The molecule has 1 saturated heterocycles. The molecule has 0 aromatic heterocycles. The first-order valence-electron chi connectivity index (χ1n) is 6.32. The zero-order chi connectivity index (χ0) is 15.7. The number of piperidine rings is 1. The number of aliphatic hydroxyl groups is 1. The van der Waals surface area contributed by atoms with Crippen LogP contribution in [0, 0.1) is 0 Å². The summed E-state index contributed by atoms with van der Waals surface area (Å²) < 4.78 is 38.0. The van der Waals surface area contributed by atoms with Crippen LogP contribution in [0.3, 0.4) is 0 Å². The molecule has 2 N–H and O–H groups in total. The highest BCUT2D eigenvalue weighted by molar-refractivity contribution is 6.30. The van der Waals surface area contributed by atoms with Crippen molar-refractivity contribution in [3.8, 4) is 0 Å². The highest BCUT2D eigenvalue weighted by Crippen LogP contribution is 2.38. The molecule has 1 aromatic carbocycles. The third-order valence-corrected chi connectivity index (χ3v) is 3.75. The third kappa shape index (κ3) is 3.59. The van der Waals surface area contributed by atoms with Crippen LogP contribution < -0.4 is 5.32 Å². The number of hydrogen-bond acceptors (Lipinski definition) is 2. The van der Waals surface area contributed by atoms with Gasteiger partial charge in [-0.05, 0) is 24.3 Å². The normalized spacial score (nSPS) is 18.4. The first-order chi connectivity index (χ1) is 9.71. The van der Waals surface area contributed by atoms with Gasteiger partial charge in [0, 0.05) is 36.6 Å². The van der Waals surface area contributed by atoms with Crippen molar-refractivity contribution in [2.45, 2.75) is 24.6 Å². The molecule has 1 aliphatic heterocycles. The second-order valence-corrected chi connectivity index (χ2v) is 5.39. The number of nitrogens with zero attached hydrogens (tertiary/aromatic N) is 1. The summed E-state index contributed by atoms with van der Waals surface area (Å²) in [6.07, 6.45) is -5.72. The monoisotopic (exact) mass is 322 g/mol. The van der Waals surface area contributed by atoms with Crippen molar-refractivity contribution in [1.82, 2.24) is 4.90 Å². The molecule has 0 unspecified atom stereocenters. The molecule has 0 radical (unpaired) electrons. The fraction of sp³-hybridized carbons (Fsp3) is 0.462. The van der Waals surface area contributed by atoms with Crippen LogP contribution in [0.25, 0.3) is 0 Å². The largest absolute Gasteiger partial charge is 0.417 e. The smallest absolute Gasteiger partial charge is 0.380 e. The van der Waals surface area contributed by atoms with E-state index in [0.717, 1.165) is 0 Å². The summed E-state index contributed by atoms with van der Waals surface area (Å²) in [5.74, 6) is 0. The Hall–Kier alpha value is -1.47. The molecule has 0 spiro atoms. The van der Waals surface area contributed by atoms with Crippen LogP contribution in [0.5, 0.6) is 0 Å². The summed E-state index contributed by atoms with van der Waals surface area (Å²) in [5.41, 5.74) is -2.20. The topological polar surface area (TPSA) is 52.6 Å². The van der Waals surface area contributed by atoms with Gasteiger partial charge in [-0.2, -0.15) is 13.2 Å². The van der Waals surface area contributed by atoms with Gasteiger partial charge >= 0.3 is 12.2 Å². The molecule has 4 nitrogen and oxygen atoms in total. The minimum Gasteiger partial charge on any atom is -0.380 e. The molecule has 0 bridgehead atoms. The lowest BCUT2D eigenvalue weighted by molar-refractivity contribution is -0.271. The number of urea groups is 1. The van der Waals surface area contributed by atoms with E-state index in [1.807, 2.05) is 0 Å². The summed E-state index contributed by atoms with van der Waals surface area (Å²) in [6.45, 7) is -0.315. The fourth-order valence-corrected chi connectivity index (χ4v) is 2.22. The van der Waals surface area contributed by atoms with Crippen LogP contribution in [0.2, 0.25) is 5.02 Å². The van der Waals surface area contributed by atoms with Gasteiger partial charge in [-0.25, -0.2) is 4.79 Å². The lowest BCUT2D eigenvalue weighted by Crippen LogP contribution is -2.55. The SMILES string of the molecule is O=C(Nc1ccc(Cl)cc1)N1CCC(O)(C(F)(F)F)CC1. The van der Waals surface area contributed by atoms with Crippen LogP contribution in [-0.2, 0) is 0 Å². The molecule has 8 heteroatoms. The lowest BCUT2D eigenvalue weighted by atomic mass is 9.91. The van der Waals surface area contributed by atoms with Crippen LogP contribution in [0.1, 0.15) is 12.8 Å². The Labute approximate surface area is 124 Å². The minimum atomic E-state index is -4.67. The first-order valence-corrected chi connectivity index (χ1v) is 6.70. The van der Waals surface area contributed by atoms with E-state index < -0.39 is 30.7 Å². The zero-order valence-corrected chi connectivity index (χ0v) is 11.7. The van der Waals surface area contributed by atoms with Gasteiger partial charge < -0.3 is 15.3 Å². The Balaban J connectivity index is 1.93. The number of hydrogen-bond donors (Lipinski definition) is 2. The molecule has 1 aromatic rings. The van der Waals surface area contributed by atoms with Crippen molar-refractivity contribution in [2.24, 2.45) is 0 Å². The van der Waals surface area contributed by atoms with Crippen molar-refractivity contribution in [3.05, 3.63) is 29.3 Å². The van der Waals surface area contributed by atoms with Crippen molar-refractivity contribution in [3.63, 3.8) is 0 Å². The molecule has 2 rings (SSSR count). The minimum absolute atomic E-state index is 0.157. The molecule has 21 heavy (non-hydrogen) atoms.